The van der Waals surface area contributed by atoms with E-state index in [-0.39, 0.29) is 11.6 Å². The van der Waals surface area contributed by atoms with E-state index >= 15 is 0 Å². The first-order chi connectivity index (χ1) is 10.7. The molecule has 2 N–H and O–H groups in total. The van der Waals surface area contributed by atoms with E-state index in [1.165, 1.54) is 11.3 Å². The summed E-state index contributed by atoms with van der Waals surface area (Å²) in [5.74, 6) is -0.861. The molecular formula is C14H11N5O2S. The lowest BCUT2D eigenvalue weighted by Gasteiger charge is -1.96. The molecule has 0 amide bonds. The van der Waals surface area contributed by atoms with Gasteiger partial charge in [-0.05, 0) is 10.8 Å². The Morgan fingerprint density at radius 1 is 1.32 bits per heavy atom. The number of carbonyl (C=O) groups is 1. The third kappa shape index (κ3) is 3.23. The molecule has 3 rings (SSSR count). The van der Waals surface area contributed by atoms with Gasteiger partial charge in [-0.3, -0.25) is 4.79 Å². The molecule has 0 atom stereocenters. The Morgan fingerprint density at radius 2 is 2.14 bits per heavy atom. The predicted molar refractivity (Wildman–Crippen MR) is 80.5 cm³/mol. The molecule has 0 bridgehead atoms. The third-order valence-corrected chi connectivity index (χ3v) is 3.69. The highest BCUT2D eigenvalue weighted by molar-refractivity contribution is 7.09. The van der Waals surface area contributed by atoms with Crippen molar-refractivity contribution in [2.45, 2.75) is 6.42 Å². The number of aliphatic hydroxyl groups excluding tert-OH is 1. The van der Waals surface area contributed by atoms with Crippen LogP contribution in [0, 0.1) is 0 Å². The number of allylic oxidation sites excluding steroid dienone is 1. The largest absolute Gasteiger partial charge is 0.506 e. The summed E-state index contributed by atoms with van der Waals surface area (Å²) in [6.45, 7) is 0. The molecule has 0 aliphatic carbocycles. The van der Waals surface area contributed by atoms with E-state index in [2.05, 4.69) is 25.6 Å². The monoisotopic (exact) mass is 313 g/mol. The Bertz CT molecular complexity index is 796. The molecule has 0 aliphatic rings. The van der Waals surface area contributed by atoms with Crippen molar-refractivity contribution >= 4 is 22.9 Å². The summed E-state index contributed by atoms with van der Waals surface area (Å²) in [4.78, 5) is 16.1. The van der Waals surface area contributed by atoms with Crippen LogP contribution in [0.3, 0.4) is 0 Å². The number of aliphatic hydroxyl groups is 1. The molecule has 0 unspecified atom stereocenters. The normalized spacial score (nSPS) is 11.5. The molecule has 0 radical (unpaired) electrons. The van der Waals surface area contributed by atoms with Crippen molar-refractivity contribution in [3.05, 3.63) is 63.9 Å². The lowest BCUT2D eigenvalue weighted by Crippen LogP contribution is -1.99. The van der Waals surface area contributed by atoms with E-state index in [0.29, 0.717) is 12.1 Å². The van der Waals surface area contributed by atoms with E-state index < -0.39 is 5.78 Å². The molecule has 0 fully saturated rings. The number of aromatic nitrogens is 5. The minimum Gasteiger partial charge on any atom is -0.506 e. The standard InChI is InChI=1S/C14H11N5O2S/c20-11(7-12(21)14-16-18-19-17-14)10-8-22-13(15-10)6-9-4-2-1-3-5-9/h1-5,7-8,20H,6H2,(H,16,17,18,19). The van der Waals surface area contributed by atoms with Crippen LogP contribution in [0.2, 0.25) is 0 Å². The SMILES string of the molecule is O=C(C=C(O)c1csc(Cc2ccccc2)n1)c1nn[nH]n1. The van der Waals surface area contributed by atoms with Gasteiger partial charge >= 0.3 is 0 Å². The maximum atomic E-state index is 11.7. The molecule has 2 aromatic heterocycles. The van der Waals surface area contributed by atoms with Gasteiger partial charge in [0, 0.05) is 17.9 Å². The molecule has 2 heterocycles. The fourth-order valence-electron chi connectivity index (χ4n) is 1.81. The number of hydrogen-bond acceptors (Lipinski definition) is 7. The molecule has 7 nitrogen and oxygen atoms in total. The zero-order chi connectivity index (χ0) is 15.4. The van der Waals surface area contributed by atoms with Crippen LogP contribution in [-0.2, 0) is 6.42 Å². The van der Waals surface area contributed by atoms with Gasteiger partial charge in [0.05, 0.1) is 5.01 Å². The van der Waals surface area contributed by atoms with Crippen LogP contribution in [-0.4, -0.2) is 36.5 Å². The van der Waals surface area contributed by atoms with Gasteiger partial charge in [0.15, 0.2) is 0 Å². The zero-order valence-electron chi connectivity index (χ0n) is 11.3. The van der Waals surface area contributed by atoms with Crippen molar-refractivity contribution in [1.82, 2.24) is 25.6 Å². The number of aromatic amines is 1. The van der Waals surface area contributed by atoms with Crippen molar-refractivity contribution in [3.8, 4) is 0 Å². The summed E-state index contributed by atoms with van der Waals surface area (Å²) in [7, 11) is 0. The summed E-state index contributed by atoms with van der Waals surface area (Å²) in [6.07, 6.45) is 1.71. The Hall–Kier alpha value is -2.87. The minimum atomic E-state index is -0.538. The number of nitrogens with one attached hydrogen (secondary N) is 1. The van der Waals surface area contributed by atoms with Gasteiger partial charge in [-0.1, -0.05) is 30.3 Å². The lowest BCUT2D eigenvalue weighted by molar-refractivity contribution is 0.103. The second-order valence-electron chi connectivity index (χ2n) is 4.42. The van der Waals surface area contributed by atoms with Crippen molar-refractivity contribution in [3.63, 3.8) is 0 Å². The maximum Gasteiger partial charge on any atom is 0.244 e. The average Bonchev–Trinajstić information content (AvgIpc) is 3.19. The fraction of sp³-hybridized carbons (Fsp3) is 0.0714. The first kappa shape index (κ1) is 14.1. The van der Waals surface area contributed by atoms with Crippen LogP contribution in [0.1, 0.15) is 26.9 Å². The smallest absolute Gasteiger partial charge is 0.244 e. The molecule has 110 valence electrons. The van der Waals surface area contributed by atoms with Gasteiger partial charge in [0.1, 0.15) is 11.5 Å². The number of ketones is 1. The minimum absolute atomic E-state index is 0.105. The highest BCUT2D eigenvalue weighted by Crippen LogP contribution is 2.19. The number of carbonyl (C=O) groups excluding carboxylic acids is 1. The van der Waals surface area contributed by atoms with E-state index in [9.17, 15) is 9.90 Å². The fourth-order valence-corrected chi connectivity index (χ4v) is 2.63. The molecule has 0 saturated carbocycles. The van der Waals surface area contributed by atoms with E-state index in [0.717, 1.165) is 16.6 Å². The van der Waals surface area contributed by atoms with Crippen molar-refractivity contribution in [2.75, 3.05) is 0 Å². The second kappa shape index (κ2) is 6.27. The Kier molecular flexibility index (Phi) is 4.01. The molecule has 1 aromatic carbocycles. The summed E-state index contributed by atoms with van der Waals surface area (Å²) in [5.41, 5.74) is 1.49. The first-order valence-corrected chi connectivity index (χ1v) is 7.27. The van der Waals surface area contributed by atoms with E-state index in [1.54, 1.807) is 5.38 Å². The van der Waals surface area contributed by atoms with Crippen molar-refractivity contribution in [1.29, 1.82) is 0 Å². The number of H-pyrrole nitrogens is 1. The van der Waals surface area contributed by atoms with Crippen LogP contribution in [0.15, 0.2) is 41.8 Å². The summed E-state index contributed by atoms with van der Waals surface area (Å²) in [6, 6.07) is 9.90. The highest BCUT2D eigenvalue weighted by Gasteiger charge is 2.12. The first-order valence-electron chi connectivity index (χ1n) is 6.39. The molecule has 0 saturated heterocycles. The van der Waals surface area contributed by atoms with Crippen molar-refractivity contribution in [2.24, 2.45) is 0 Å². The number of thiazole rings is 1. The summed E-state index contributed by atoms with van der Waals surface area (Å²) in [5, 5.41) is 25.1. The van der Waals surface area contributed by atoms with Gasteiger partial charge in [0.25, 0.3) is 0 Å². The number of hydrogen-bond donors (Lipinski definition) is 2. The number of nitrogens with zero attached hydrogens (tertiary/aromatic N) is 4. The van der Waals surface area contributed by atoms with Crippen LogP contribution < -0.4 is 0 Å². The predicted octanol–water partition coefficient (Wildman–Crippen LogP) is 2.03. The number of tetrazole rings is 1. The maximum absolute atomic E-state index is 11.7. The van der Waals surface area contributed by atoms with Crippen LogP contribution in [0.25, 0.3) is 5.76 Å². The number of benzene rings is 1. The lowest BCUT2D eigenvalue weighted by atomic mass is 10.2. The summed E-state index contributed by atoms with van der Waals surface area (Å²) >= 11 is 1.42. The Labute approximate surface area is 129 Å². The second-order valence-corrected chi connectivity index (χ2v) is 5.36. The van der Waals surface area contributed by atoms with Gasteiger partial charge < -0.3 is 5.11 Å². The van der Waals surface area contributed by atoms with E-state index in [4.69, 9.17) is 0 Å². The molecule has 8 heteroatoms. The van der Waals surface area contributed by atoms with Crippen LogP contribution >= 0.6 is 11.3 Å². The zero-order valence-corrected chi connectivity index (χ0v) is 12.1. The summed E-state index contributed by atoms with van der Waals surface area (Å²) < 4.78 is 0. The van der Waals surface area contributed by atoms with Gasteiger partial charge in [-0.15, -0.1) is 21.5 Å². The molecular weight excluding hydrogens is 302 g/mol. The molecule has 3 aromatic rings. The van der Waals surface area contributed by atoms with Gasteiger partial charge in [-0.25, -0.2) is 4.98 Å². The average molecular weight is 313 g/mol. The van der Waals surface area contributed by atoms with Gasteiger partial charge in [0.2, 0.25) is 11.6 Å². The Balaban J connectivity index is 1.74. The topological polar surface area (TPSA) is 105 Å². The van der Waals surface area contributed by atoms with Gasteiger partial charge in [-0.2, -0.15) is 5.21 Å². The van der Waals surface area contributed by atoms with Crippen molar-refractivity contribution < 1.29 is 9.90 Å². The Morgan fingerprint density at radius 3 is 2.86 bits per heavy atom. The molecule has 0 aliphatic heterocycles. The quantitative estimate of drug-likeness (QED) is 0.424. The van der Waals surface area contributed by atoms with Crippen LogP contribution in [0.4, 0.5) is 0 Å². The highest BCUT2D eigenvalue weighted by atomic mass is 32.1. The van der Waals surface area contributed by atoms with E-state index in [1.807, 2.05) is 30.3 Å². The third-order valence-electron chi connectivity index (χ3n) is 2.85. The van der Waals surface area contributed by atoms with Crippen LogP contribution in [0.5, 0.6) is 0 Å². The number of rotatable bonds is 5. The molecule has 22 heavy (non-hydrogen) atoms. The molecule has 0 spiro atoms.